The largest absolute Gasteiger partial charge is 0.278 e. The van der Waals surface area contributed by atoms with Gasteiger partial charge >= 0.3 is 0 Å². The lowest BCUT2D eigenvalue weighted by atomic mass is 9.72. The molecule has 0 radical (unpaired) electrons. The molecule has 0 saturated heterocycles. The molecule has 0 N–H and O–H groups in total. The van der Waals surface area contributed by atoms with Gasteiger partial charge in [0.25, 0.3) is 5.69 Å². The standard InChI is InChI=1S/C20H21N3O2S/c1-20(2,3)14-8-9-15-16(11-21)19(26-18(15)10-14)22-12-13-6-4-5-7-17(13)23(24)25/h4-7,12,14H,8-10H2,1-3H3/t14-/m0/s1. The zero-order valence-corrected chi connectivity index (χ0v) is 16.0. The Kier molecular flexibility index (Phi) is 4.92. The molecule has 0 spiro atoms. The van der Waals surface area contributed by atoms with E-state index in [0.717, 1.165) is 24.8 Å². The first-order chi connectivity index (χ1) is 12.3. The molecule has 1 aromatic carbocycles. The van der Waals surface area contributed by atoms with Crippen LogP contribution in [0.2, 0.25) is 0 Å². The van der Waals surface area contributed by atoms with Crippen LogP contribution in [0.15, 0.2) is 29.3 Å². The van der Waals surface area contributed by atoms with E-state index in [-0.39, 0.29) is 11.1 Å². The zero-order chi connectivity index (χ0) is 18.9. The summed E-state index contributed by atoms with van der Waals surface area (Å²) in [6.07, 6.45) is 4.45. The predicted molar refractivity (Wildman–Crippen MR) is 104 cm³/mol. The van der Waals surface area contributed by atoms with Crippen molar-refractivity contribution < 1.29 is 4.92 Å². The molecule has 0 amide bonds. The molecule has 5 nitrogen and oxygen atoms in total. The molecule has 0 aliphatic heterocycles. The lowest BCUT2D eigenvalue weighted by molar-refractivity contribution is -0.385. The molecule has 134 valence electrons. The fraction of sp³-hybridized carbons (Fsp3) is 0.400. The molecule has 1 atom stereocenters. The molecule has 0 fully saturated rings. The third-order valence-corrected chi connectivity index (χ3v) is 6.20. The van der Waals surface area contributed by atoms with Crippen molar-refractivity contribution in [3.8, 4) is 6.07 Å². The first-order valence-corrected chi connectivity index (χ1v) is 9.45. The number of nitrogens with zero attached hydrogens (tertiary/aromatic N) is 3. The molecule has 0 saturated carbocycles. The van der Waals surface area contributed by atoms with Gasteiger partial charge in [0.1, 0.15) is 11.1 Å². The van der Waals surface area contributed by atoms with Crippen LogP contribution in [0.1, 0.15) is 48.8 Å². The van der Waals surface area contributed by atoms with Gasteiger partial charge in [-0.05, 0) is 42.2 Å². The van der Waals surface area contributed by atoms with E-state index in [1.54, 1.807) is 29.5 Å². The second-order valence-corrected chi connectivity index (χ2v) is 8.76. The van der Waals surface area contributed by atoms with Crippen LogP contribution < -0.4 is 0 Å². The number of nitro groups is 1. The number of nitriles is 1. The average Bonchev–Trinajstić information content (AvgIpc) is 2.95. The predicted octanol–water partition coefficient (Wildman–Crippen LogP) is 5.43. The second-order valence-electron chi connectivity index (χ2n) is 7.68. The van der Waals surface area contributed by atoms with Gasteiger partial charge in [-0.15, -0.1) is 11.3 Å². The van der Waals surface area contributed by atoms with Crippen LogP contribution in [0.25, 0.3) is 0 Å². The van der Waals surface area contributed by atoms with Gasteiger partial charge in [0.2, 0.25) is 0 Å². The molecule has 0 bridgehead atoms. The summed E-state index contributed by atoms with van der Waals surface area (Å²) >= 11 is 1.55. The quantitative estimate of drug-likeness (QED) is 0.412. The smallest absolute Gasteiger partial charge is 0.258 e. The molecule has 3 rings (SSSR count). The molecule has 1 aromatic heterocycles. The molecule has 1 aliphatic carbocycles. The zero-order valence-electron chi connectivity index (χ0n) is 15.2. The Morgan fingerprint density at radius 1 is 1.38 bits per heavy atom. The minimum absolute atomic E-state index is 0.0175. The van der Waals surface area contributed by atoms with E-state index in [2.05, 4.69) is 31.8 Å². The van der Waals surface area contributed by atoms with Crippen LogP contribution in [0, 0.1) is 32.8 Å². The summed E-state index contributed by atoms with van der Waals surface area (Å²) in [5, 5.41) is 21.4. The maximum absolute atomic E-state index is 11.1. The van der Waals surface area contributed by atoms with E-state index in [0.29, 0.717) is 22.0 Å². The van der Waals surface area contributed by atoms with Crippen LogP contribution in [-0.2, 0) is 12.8 Å². The third kappa shape index (κ3) is 3.54. The molecule has 1 aliphatic rings. The van der Waals surface area contributed by atoms with Gasteiger partial charge in [-0.1, -0.05) is 32.9 Å². The van der Waals surface area contributed by atoms with Gasteiger partial charge in [-0.2, -0.15) is 5.26 Å². The van der Waals surface area contributed by atoms with Crippen molar-refractivity contribution in [3.63, 3.8) is 0 Å². The number of thiophene rings is 1. The summed E-state index contributed by atoms with van der Waals surface area (Å²) in [5.41, 5.74) is 2.45. The van der Waals surface area contributed by atoms with Gasteiger partial charge in [0, 0.05) is 17.2 Å². The minimum Gasteiger partial charge on any atom is -0.258 e. The van der Waals surface area contributed by atoms with Gasteiger partial charge in [-0.25, -0.2) is 4.99 Å². The molecule has 2 aromatic rings. The summed E-state index contributed by atoms with van der Waals surface area (Å²) in [6.45, 7) is 6.78. The van der Waals surface area contributed by atoms with Crippen LogP contribution in [0.3, 0.4) is 0 Å². The van der Waals surface area contributed by atoms with Crippen LogP contribution in [0.5, 0.6) is 0 Å². The molecule has 6 heteroatoms. The highest BCUT2D eigenvalue weighted by molar-refractivity contribution is 7.16. The normalized spacial score (nSPS) is 17.1. The maximum atomic E-state index is 11.1. The Morgan fingerprint density at radius 2 is 2.12 bits per heavy atom. The van der Waals surface area contributed by atoms with E-state index in [1.165, 1.54) is 17.2 Å². The summed E-state index contributed by atoms with van der Waals surface area (Å²) < 4.78 is 0. The number of nitro benzene ring substituents is 1. The fourth-order valence-corrected chi connectivity index (χ4v) is 4.63. The van der Waals surface area contributed by atoms with E-state index in [9.17, 15) is 15.4 Å². The van der Waals surface area contributed by atoms with E-state index >= 15 is 0 Å². The summed E-state index contributed by atoms with van der Waals surface area (Å²) in [5.74, 6) is 0.590. The van der Waals surface area contributed by atoms with Gasteiger partial charge in [0.15, 0.2) is 0 Å². The molecular formula is C20H21N3O2S. The average molecular weight is 367 g/mol. The van der Waals surface area contributed by atoms with E-state index in [1.807, 2.05) is 0 Å². The van der Waals surface area contributed by atoms with Crippen molar-refractivity contribution in [2.45, 2.75) is 40.0 Å². The van der Waals surface area contributed by atoms with Gasteiger partial charge < -0.3 is 0 Å². The number of fused-ring (bicyclic) bond motifs is 1. The Hall–Kier alpha value is -2.52. The highest BCUT2D eigenvalue weighted by Crippen LogP contribution is 2.44. The van der Waals surface area contributed by atoms with Crippen molar-refractivity contribution in [1.29, 1.82) is 5.26 Å². The Bertz CT molecular complexity index is 916. The SMILES string of the molecule is CC(C)(C)[C@H]1CCc2c(sc(N=Cc3ccccc3[N+](=O)[O-])c2C#N)C1. The fourth-order valence-electron chi connectivity index (χ4n) is 3.41. The monoisotopic (exact) mass is 367 g/mol. The van der Waals surface area contributed by atoms with Crippen LogP contribution in [0.4, 0.5) is 10.7 Å². The molecule has 0 unspecified atom stereocenters. The van der Waals surface area contributed by atoms with Crippen molar-refractivity contribution in [2.24, 2.45) is 16.3 Å². The Labute approximate surface area is 157 Å². The van der Waals surface area contributed by atoms with Crippen LogP contribution >= 0.6 is 11.3 Å². The number of benzene rings is 1. The first-order valence-electron chi connectivity index (χ1n) is 8.63. The third-order valence-electron chi connectivity index (χ3n) is 5.04. The van der Waals surface area contributed by atoms with Crippen molar-refractivity contribution >= 4 is 28.2 Å². The lowest BCUT2D eigenvalue weighted by Crippen LogP contribution is -2.26. The summed E-state index contributed by atoms with van der Waals surface area (Å²) in [7, 11) is 0. The summed E-state index contributed by atoms with van der Waals surface area (Å²) in [6, 6.07) is 8.79. The van der Waals surface area contributed by atoms with Gasteiger partial charge in [-0.3, -0.25) is 10.1 Å². The number of para-hydroxylation sites is 1. The van der Waals surface area contributed by atoms with E-state index in [4.69, 9.17) is 0 Å². The van der Waals surface area contributed by atoms with Crippen molar-refractivity contribution in [3.05, 3.63) is 55.9 Å². The van der Waals surface area contributed by atoms with Gasteiger partial charge in [0.05, 0.1) is 16.1 Å². The minimum atomic E-state index is -0.417. The molecule has 26 heavy (non-hydrogen) atoms. The number of hydrogen-bond donors (Lipinski definition) is 0. The first kappa shape index (κ1) is 18.3. The topological polar surface area (TPSA) is 79.3 Å². The Balaban J connectivity index is 1.95. The number of rotatable bonds is 3. The highest BCUT2D eigenvalue weighted by atomic mass is 32.1. The Morgan fingerprint density at radius 3 is 2.77 bits per heavy atom. The molecule has 1 heterocycles. The lowest BCUT2D eigenvalue weighted by Gasteiger charge is -2.33. The summed E-state index contributed by atoms with van der Waals surface area (Å²) in [4.78, 5) is 16.4. The molecular weight excluding hydrogens is 346 g/mol. The van der Waals surface area contributed by atoms with Crippen LogP contribution in [-0.4, -0.2) is 11.1 Å². The maximum Gasteiger partial charge on any atom is 0.278 e. The van der Waals surface area contributed by atoms with Crippen molar-refractivity contribution in [2.75, 3.05) is 0 Å². The second kappa shape index (κ2) is 7.00. The van der Waals surface area contributed by atoms with E-state index < -0.39 is 4.92 Å². The number of hydrogen-bond acceptors (Lipinski definition) is 5. The highest BCUT2D eigenvalue weighted by Gasteiger charge is 2.32. The number of aliphatic imine (C=N–C) groups is 1. The van der Waals surface area contributed by atoms with Crippen molar-refractivity contribution in [1.82, 2.24) is 0 Å².